The van der Waals surface area contributed by atoms with E-state index in [-0.39, 0.29) is 24.9 Å². The molecule has 2 N–H and O–H groups in total. The molecule has 1 atom stereocenters. The molecule has 0 aliphatic carbocycles. The van der Waals surface area contributed by atoms with Crippen LogP contribution in [0, 0.1) is 0 Å². The van der Waals surface area contributed by atoms with E-state index in [1.807, 2.05) is 36.4 Å². The van der Waals surface area contributed by atoms with Gasteiger partial charge in [0.1, 0.15) is 0 Å². The number of benzene rings is 2. The fourth-order valence-electron chi connectivity index (χ4n) is 2.33. The summed E-state index contributed by atoms with van der Waals surface area (Å²) in [7, 11) is 1.58. The summed E-state index contributed by atoms with van der Waals surface area (Å²) in [5.41, 5.74) is 1.55. The maximum absolute atomic E-state index is 12.2. The van der Waals surface area contributed by atoms with Gasteiger partial charge in [-0.1, -0.05) is 48.5 Å². The van der Waals surface area contributed by atoms with Gasteiger partial charge < -0.3 is 15.3 Å². The lowest BCUT2D eigenvalue weighted by atomic mass is 10.1. The van der Waals surface area contributed by atoms with Crippen molar-refractivity contribution in [2.24, 2.45) is 0 Å². The Kier molecular flexibility index (Phi) is 6.51. The number of aliphatic hydroxyl groups is 1. The van der Waals surface area contributed by atoms with Crippen molar-refractivity contribution < 1.29 is 14.7 Å². The number of carbonyl (C=O) groups is 2. The Labute approximate surface area is 141 Å². The fourth-order valence-corrected chi connectivity index (χ4v) is 2.33. The number of rotatable bonds is 7. The molecule has 0 radical (unpaired) electrons. The first-order chi connectivity index (χ1) is 11.6. The van der Waals surface area contributed by atoms with E-state index in [1.165, 1.54) is 4.90 Å². The first kappa shape index (κ1) is 17.7. The number of hydrogen-bond acceptors (Lipinski definition) is 3. The lowest BCUT2D eigenvalue weighted by molar-refractivity contribution is -0.122. The number of nitrogens with zero attached hydrogens (tertiary/aromatic N) is 1. The van der Waals surface area contributed by atoms with Gasteiger partial charge in [-0.3, -0.25) is 9.59 Å². The van der Waals surface area contributed by atoms with Gasteiger partial charge in [0.15, 0.2) is 0 Å². The maximum Gasteiger partial charge on any atom is 0.254 e. The van der Waals surface area contributed by atoms with Crippen molar-refractivity contribution in [3.8, 4) is 0 Å². The summed E-state index contributed by atoms with van der Waals surface area (Å²) >= 11 is 0. The molecule has 0 saturated carbocycles. The number of nitrogens with one attached hydrogen (secondary N) is 1. The van der Waals surface area contributed by atoms with Crippen molar-refractivity contribution in [2.75, 3.05) is 20.1 Å². The maximum atomic E-state index is 12.2. The molecule has 0 spiro atoms. The molecule has 0 fully saturated rings. The summed E-state index contributed by atoms with van der Waals surface area (Å²) in [6, 6.07) is 18.4. The molecule has 0 aromatic heterocycles. The monoisotopic (exact) mass is 326 g/mol. The zero-order chi connectivity index (χ0) is 17.4. The highest BCUT2D eigenvalue weighted by molar-refractivity contribution is 5.96. The smallest absolute Gasteiger partial charge is 0.254 e. The lowest BCUT2D eigenvalue weighted by Crippen LogP contribution is -2.41. The molecule has 2 aromatic carbocycles. The van der Waals surface area contributed by atoms with E-state index in [0.717, 1.165) is 5.56 Å². The molecule has 0 heterocycles. The molecule has 1 unspecified atom stereocenters. The number of hydrogen-bond donors (Lipinski definition) is 2. The van der Waals surface area contributed by atoms with Crippen LogP contribution in [0.1, 0.15) is 15.9 Å². The highest BCUT2D eigenvalue weighted by atomic mass is 16.3. The van der Waals surface area contributed by atoms with Crippen molar-refractivity contribution in [1.82, 2.24) is 10.2 Å². The van der Waals surface area contributed by atoms with Gasteiger partial charge in [0, 0.05) is 25.6 Å². The van der Waals surface area contributed by atoms with Gasteiger partial charge in [-0.05, 0) is 17.7 Å². The number of likely N-dealkylation sites (N-methyl/N-ethyl adjacent to an activating group) is 1. The molecule has 126 valence electrons. The van der Waals surface area contributed by atoms with Crippen LogP contribution in [0.2, 0.25) is 0 Å². The molecule has 2 rings (SSSR count). The van der Waals surface area contributed by atoms with Gasteiger partial charge in [-0.25, -0.2) is 0 Å². The average Bonchev–Trinajstić information content (AvgIpc) is 2.61. The van der Waals surface area contributed by atoms with Crippen LogP contribution in [0.25, 0.3) is 0 Å². The molecule has 0 bridgehead atoms. The molecular formula is C19H22N2O3. The summed E-state index contributed by atoms with van der Waals surface area (Å²) in [5.74, 6) is -0.510. The van der Waals surface area contributed by atoms with Gasteiger partial charge in [0.05, 0.1) is 12.6 Å². The van der Waals surface area contributed by atoms with E-state index < -0.39 is 6.10 Å². The number of carbonyl (C=O) groups excluding carboxylic acids is 2. The highest BCUT2D eigenvalue weighted by Gasteiger charge is 2.15. The molecule has 0 aliphatic heterocycles. The first-order valence-corrected chi connectivity index (χ1v) is 7.85. The summed E-state index contributed by atoms with van der Waals surface area (Å²) in [5, 5.41) is 12.6. The first-order valence-electron chi connectivity index (χ1n) is 7.85. The molecule has 5 heteroatoms. The largest absolute Gasteiger partial charge is 0.391 e. The predicted octanol–water partition coefficient (Wildman–Crippen LogP) is 1.48. The van der Waals surface area contributed by atoms with E-state index in [9.17, 15) is 14.7 Å². The molecule has 2 amide bonds. The third-order valence-corrected chi connectivity index (χ3v) is 3.60. The van der Waals surface area contributed by atoms with E-state index in [0.29, 0.717) is 12.0 Å². The summed E-state index contributed by atoms with van der Waals surface area (Å²) in [6.07, 6.45) is -0.189. The average molecular weight is 326 g/mol. The summed E-state index contributed by atoms with van der Waals surface area (Å²) in [6.45, 7) is 0.104. The number of amides is 2. The van der Waals surface area contributed by atoms with Crippen LogP contribution in [0.15, 0.2) is 60.7 Å². The third kappa shape index (κ3) is 5.52. The molecule has 0 aliphatic rings. The van der Waals surface area contributed by atoms with Crippen LogP contribution in [0.3, 0.4) is 0 Å². The van der Waals surface area contributed by atoms with Crippen LogP contribution >= 0.6 is 0 Å². The minimum Gasteiger partial charge on any atom is -0.391 e. The fraction of sp³-hybridized carbons (Fsp3) is 0.263. The van der Waals surface area contributed by atoms with Gasteiger partial charge >= 0.3 is 0 Å². The summed E-state index contributed by atoms with van der Waals surface area (Å²) in [4.78, 5) is 25.4. The SMILES string of the molecule is CN(CC(=O)NCC(O)Cc1ccccc1)C(=O)c1ccccc1. The third-order valence-electron chi connectivity index (χ3n) is 3.60. The van der Waals surface area contributed by atoms with Crippen LogP contribution < -0.4 is 5.32 Å². The Morgan fingerprint density at radius 2 is 1.62 bits per heavy atom. The van der Waals surface area contributed by atoms with Crippen LogP contribution in [0.4, 0.5) is 0 Å². The molecular weight excluding hydrogens is 304 g/mol. The molecule has 0 saturated heterocycles. The van der Waals surface area contributed by atoms with Crippen molar-refractivity contribution >= 4 is 11.8 Å². The van der Waals surface area contributed by atoms with Crippen molar-refractivity contribution in [2.45, 2.75) is 12.5 Å². The van der Waals surface area contributed by atoms with E-state index in [2.05, 4.69) is 5.32 Å². The van der Waals surface area contributed by atoms with Gasteiger partial charge in [-0.15, -0.1) is 0 Å². The Bertz CT molecular complexity index is 659. The Morgan fingerprint density at radius 1 is 1.04 bits per heavy atom. The second kappa shape index (κ2) is 8.84. The van der Waals surface area contributed by atoms with E-state index in [1.54, 1.807) is 31.3 Å². The van der Waals surface area contributed by atoms with Crippen molar-refractivity contribution in [1.29, 1.82) is 0 Å². The van der Waals surface area contributed by atoms with E-state index >= 15 is 0 Å². The normalized spacial score (nSPS) is 11.6. The Morgan fingerprint density at radius 3 is 2.25 bits per heavy atom. The van der Waals surface area contributed by atoms with Gasteiger partial charge in [0.25, 0.3) is 5.91 Å². The lowest BCUT2D eigenvalue weighted by Gasteiger charge is -2.18. The topological polar surface area (TPSA) is 69.6 Å². The zero-order valence-corrected chi connectivity index (χ0v) is 13.7. The summed E-state index contributed by atoms with van der Waals surface area (Å²) < 4.78 is 0. The minimum absolute atomic E-state index is 0.0498. The zero-order valence-electron chi connectivity index (χ0n) is 13.7. The van der Waals surface area contributed by atoms with Crippen molar-refractivity contribution in [3.05, 3.63) is 71.8 Å². The van der Waals surface area contributed by atoms with Crippen LogP contribution in [-0.4, -0.2) is 48.1 Å². The second-order valence-electron chi connectivity index (χ2n) is 5.67. The second-order valence-corrected chi connectivity index (χ2v) is 5.67. The molecule has 2 aromatic rings. The van der Waals surface area contributed by atoms with Crippen LogP contribution in [-0.2, 0) is 11.2 Å². The molecule has 24 heavy (non-hydrogen) atoms. The molecule has 5 nitrogen and oxygen atoms in total. The van der Waals surface area contributed by atoms with Crippen LogP contribution in [0.5, 0.6) is 0 Å². The Balaban J connectivity index is 1.75. The minimum atomic E-state index is -0.661. The van der Waals surface area contributed by atoms with Crippen molar-refractivity contribution in [3.63, 3.8) is 0 Å². The predicted molar refractivity (Wildman–Crippen MR) is 92.6 cm³/mol. The quantitative estimate of drug-likeness (QED) is 0.810. The van der Waals surface area contributed by atoms with Gasteiger partial charge in [-0.2, -0.15) is 0 Å². The highest BCUT2D eigenvalue weighted by Crippen LogP contribution is 2.04. The standard InChI is InChI=1S/C19H22N2O3/c1-21(19(24)16-10-6-3-7-11-16)14-18(23)20-13-17(22)12-15-8-4-2-5-9-15/h2-11,17,22H,12-14H2,1H3,(H,20,23). The Hall–Kier alpha value is -2.66. The number of aliphatic hydroxyl groups excluding tert-OH is 1. The van der Waals surface area contributed by atoms with Gasteiger partial charge in [0.2, 0.25) is 5.91 Å². The van der Waals surface area contributed by atoms with E-state index in [4.69, 9.17) is 0 Å².